The lowest BCUT2D eigenvalue weighted by Gasteiger charge is -2.38. The Morgan fingerprint density at radius 1 is 1.39 bits per heavy atom. The van der Waals surface area contributed by atoms with Gasteiger partial charge in [0.05, 0.1) is 29.3 Å². The highest BCUT2D eigenvalue weighted by atomic mass is 19.4. The van der Waals surface area contributed by atoms with Crippen LogP contribution >= 0.6 is 0 Å². The third-order valence-electron chi connectivity index (χ3n) is 4.37. The van der Waals surface area contributed by atoms with E-state index in [2.05, 4.69) is 5.32 Å². The van der Waals surface area contributed by atoms with Gasteiger partial charge in [-0.3, -0.25) is 4.90 Å². The van der Waals surface area contributed by atoms with Crippen molar-refractivity contribution in [2.24, 2.45) is 0 Å². The van der Waals surface area contributed by atoms with Crippen molar-refractivity contribution in [3.8, 4) is 6.07 Å². The number of nitriles is 1. The largest absolute Gasteiger partial charge is 0.417 e. The summed E-state index contributed by atoms with van der Waals surface area (Å²) in [6.07, 6.45) is -4.64. The summed E-state index contributed by atoms with van der Waals surface area (Å²) in [7, 11) is 0. The van der Waals surface area contributed by atoms with Crippen LogP contribution in [0.5, 0.6) is 0 Å². The van der Waals surface area contributed by atoms with E-state index in [4.69, 9.17) is 5.26 Å². The van der Waals surface area contributed by atoms with Gasteiger partial charge in [0.15, 0.2) is 0 Å². The molecule has 3 rings (SSSR count). The number of nitrogens with zero attached hydrogens (tertiary/aromatic N) is 3. The highest BCUT2D eigenvalue weighted by Crippen LogP contribution is 2.37. The number of carbonyl (C=O) groups is 1. The number of nitrogens with one attached hydrogen (secondary N) is 1. The molecule has 2 aliphatic rings. The number of fused-ring (bicyclic) bond motifs is 1. The van der Waals surface area contributed by atoms with Crippen LogP contribution in [0.4, 0.5) is 23.7 Å². The second-order valence-electron chi connectivity index (χ2n) is 6.03. The van der Waals surface area contributed by atoms with Crippen LogP contribution in [0.15, 0.2) is 18.2 Å². The third-order valence-corrected chi connectivity index (χ3v) is 4.37. The molecule has 0 aromatic heterocycles. The highest BCUT2D eigenvalue weighted by Gasteiger charge is 2.48. The van der Waals surface area contributed by atoms with Gasteiger partial charge in [0.25, 0.3) is 0 Å². The van der Waals surface area contributed by atoms with Gasteiger partial charge in [-0.1, -0.05) is 0 Å². The maximum absolute atomic E-state index is 13.1. The minimum absolute atomic E-state index is 0.164. The van der Waals surface area contributed by atoms with Crippen LogP contribution in [0.1, 0.15) is 18.1 Å². The molecule has 2 saturated heterocycles. The van der Waals surface area contributed by atoms with E-state index < -0.39 is 22.8 Å². The fourth-order valence-electron chi connectivity index (χ4n) is 3.17. The van der Waals surface area contributed by atoms with Crippen LogP contribution in [0, 0.1) is 11.3 Å². The van der Waals surface area contributed by atoms with Gasteiger partial charge in [-0.2, -0.15) is 18.4 Å². The summed E-state index contributed by atoms with van der Waals surface area (Å²) in [5, 5.41) is 12.1. The fraction of sp³-hybridized carbons (Fsp3) is 0.467. The van der Waals surface area contributed by atoms with Crippen LogP contribution in [-0.4, -0.2) is 42.6 Å². The zero-order valence-electron chi connectivity index (χ0n) is 12.4. The van der Waals surface area contributed by atoms with E-state index in [1.54, 1.807) is 11.0 Å². The maximum Gasteiger partial charge on any atom is 0.417 e. The molecule has 0 aliphatic carbocycles. The van der Waals surface area contributed by atoms with Crippen LogP contribution in [0.2, 0.25) is 0 Å². The van der Waals surface area contributed by atoms with Gasteiger partial charge in [-0.15, -0.1) is 0 Å². The van der Waals surface area contributed by atoms with E-state index in [9.17, 15) is 18.0 Å². The number of piperazine rings is 1. The Morgan fingerprint density at radius 3 is 2.74 bits per heavy atom. The van der Waals surface area contributed by atoms with Crippen LogP contribution in [0.3, 0.4) is 0 Å². The van der Waals surface area contributed by atoms with Gasteiger partial charge in [-0.25, -0.2) is 4.79 Å². The number of carbonyl (C=O) groups excluding carboxylic acids is 1. The first-order chi connectivity index (χ1) is 10.8. The lowest BCUT2D eigenvalue weighted by molar-refractivity contribution is -0.137. The summed E-state index contributed by atoms with van der Waals surface area (Å²) in [5.41, 5.74) is -1.74. The number of alkyl halides is 3. The van der Waals surface area contributed by atoms with Crippen molar-refractivity contribution in [3.63, 3.8) is 0 Å². The molecular weight excluding hydrogens is 309 g/mol. The first-order valence-corrected chi connectivity index (χ1v) is 7.17. The van der Waals surface area contributed by atoms with E-state index in [1.165, 1.54) is 11.0 Å². The molecule has 2 amide bonds. The predicted molar refractivity (Wildman–Crippen MR) is 76.9 cm³/mol. The first-order valence-electron chi connectivity index (χ1n) is 7.17. The van der Waals surface area contributed by atoms with Gasteiger partial charge >= 0.3 is 12.2 Å². The lowest BCUT2D eigenvalue weighted by Crippen LogP contribution is -2.58. The smallest absolute Gasteiger partial charge is 0.315 e. The summed E-state index contributed by atoms with van der Waals surface area (Å²) in [6, 6.07) is 4.63. The van der Waals surface area contributed by atoms with E-state index in [-0.39, 0.29) is 11.7 Å². The topological polar surface area (TPSA) is 59.4 Å². The van der Waals surface area contributed by atoms with Crippen molar-refractivity contribution >= 4 is 11.7 Å². The molecular formula is C15H15F3N4O. The maximum atomic E-state index is 13.1. The summed E-state index contributed by atoms with van der Waals surface area (Å²) in [4.78, 5) is 15.6. The van der Waals surface area contributed by atoms with Crippen LogP contribution in [0.25, 0.3) is 0 Å². The SMILES string of the molecule is C[C@]12CNCCN1C(=O)N(c1ccc(C#N)c(C(F)(F)F)c1)C2. The molecule has 1 N–H and O–H groups in total. The molecule has 1 aromatic carbocycles. The van der Waals surface area contributed by atoms with Gasteiger partial charge in [0.2, 0.25) is 0 Å². The Kier molecular flexibility index (Phi) is 3.48. The molecule has 2 heterocycles. The third kappa shape index (κ3) is 2.51. The van der Waals surface area contributed by atoms with Crippen LogP contribution in [-0.2, 0) is 6.18 Å². The van der Waals surface area contributed by atoms with Crippen molar-refractivity contribution in [1.29, 1.82) is 5.26 Å². The molecule has 0 radical (unpaired) electrons. The highest BCUT2D eigenvalue weighted by molar-refractivity contribution is 5.95. The molecule has 122 valence electrons. The Morgan fingerprint density at radius 2 is 2.13 bits per heavy atom. The molecule has 0 spiro atoms. The average molecular weight is 324 g/mol. The molecule has 2 fully saturated rings. The number of amides is 2. The second-order valence-corrected chi connectivity index (χ2v) is 6.03. The first kappa shape index (κ1) is 15.6. The minimum Gasteiger partial charge on any atom is -0.315 e. The predicted octanol–water partition coefficient (Wildman–Crippen LogP) is 2.18. The van der Waals surface area contributed by atoms with Crippen molar-refractivity contribution in [1.82, 2.24) is 10.2 Å². The normalized spacial score (nSPS) is 24.6. The number of anilines is 1. The molecule has 1 aromatic rings. The Balaban J connectivity index is 2.00. The van der Waals surface area contributed by atoms with Crippen molar-refractivity contribution in [2.45, 2.75) is 18.6 Å². The minimum atomic E-state index is -4.64. The number of hydrogen-bond donors (Lipinski definition) is 1. The van der Waals surface area contributed by atoms with Gasteiger partial charge in [-0.05, 0) is 25.1 Å². The Hall–Kier alpha value is -2.27. The molecule has 0 bridgehead atoms. The molecule has 8 heteroatoms. The van der Waals surface area contributed by atoms with E-state index in [0.29, 0.717) is 26.2 Å². The summed E-state index contributed by atoms with van der Waals surface area (Å²) in [5.74, 6) is 0. The van der Waals surface area contributed by atoms with Gasteiger partial charge < -0.3 is 10.2 Å². The van der Waals surface area contributed by atoms with Gasteiger partial charge in [0, 0.05) is 25.3 Å². The van der Waals surface area contributed by atoms with Crippen molar-refractivity contribution < 1.29 is 18.0 Å². The standard InChI is InChI=1S/C15H15F3N4O/c1-14-8-20-4-5-22(14)13(23)21(9-14)11-3-2-10(7-19)12(6-11)15(16,17)18/h2-3,6,20H,4-5,8-9H2,1H3/t14-/m1/s1. The Bertz CT molecular complexity index is 697. The zero-order chi connectivity index (χ0) is 16.8. The number of benzene rings is 1. The van der Waals surface area contributed by atoms with Gasteiger partial charge in [0.1, 0.15) is 0 Å². The molecule has 0 unspecified atom stereocenters. The fourth-order valence-corrected chi connectivity index (χ4v) is 3.17. The molecule has 2 aliphatic heterocycles. The van der Waals surface area contributed by atoms with E-state index in [0.717, 1.165) is 12.1 Å². The number of rotatable bonds is 1. The monoisotopic (exact) mass is 324 g/mol. The molecule has 5 nitrogen and oxygen atoms in total. The van der Waals surface area contributed by atoms with Crippen molar-refractivity contribution in [2.75, 3.05) is 31.1 Å². The van der Waals surface area contributed by atoms with E-state index in [1.807, 2.05) is 6.92 Å². The summed E-state index contributed by atoms with van der Waals surface area (Å²) < 4.78 is 39.3. The molecule has 1 atom stereocenters. The van der Waals surface area contributed by atoms with Crippen LogP contribution < -0.4 is 10.2 Å². The van der Waals surface area contributed by atoms with Crippen molar-refractivity contribution in [3.05, 3.63) is 29.3 Å². The summed E-state index contributed by atoms with van der Waals surface area (Å²) in [6.45, 7) is 4.00. The number of hydrogen-bond acceptors (Lipinski definition) is 3. The van der Waals surface area contributed by atoms with E-state index >= 15 is 0 Å². The quantitative estimate of drug-likeness (QED) is 0.861. The lowest BCUT2D eigenvalue weighted by atomic mass is 9.99. The average Bonchev–Trinajstić information content (AvgIpc) is 2.77. The number of halogens is 3. The molecule has 23 heavy (non-hydrogen) atoms. The Labute approximate surface area is 131 Å². The molecule has 0 saturated carbocycles. The zero-order valence-corrected chi connectivity index (χ0v) is 12.4. The second kappa shape index (κ2) is 5.13. The number of urea groups is 1. The summed E-state index contributed by atoms with van der Waals surface area (Å²) >= 11 is 0.